The number of carbonyl (C=O) groups excluding carboxylic acids is 4. The van der Waals surface area contributed by atoms with Crippen molar-refractivity contribution in [2.75, 3.05) is 13.2 Å². The van der Waals surface area contributed by atoms with Gasteiger partial charge in [0.15, 0.2) is 0 Å². The summed E-state index contributed by atoms with van der Waals surface area (Å²) in [5.41, 5.74) is 6.23. The number of benzene rings is 2. The molecule has 3 aliphatic rings. The summed E-state index contributed by atoms with van der Waals surface area (Å²) in [5.74, 6) is -2.43. The zero-order chi connectivity index (χ0) is 21.9. The van der Waals surface area contributed by atoms with Crippen molar-refractivity contribution in [2.45, 2.75) is 31.4 Å². The maximum absolute atomic E-state index is 13.1. The molecule has 4 N–H and O–H groups in total. The second-order valence-corrected chi connectivity index (χ2v) is 7.83. The highest BCUT2D eigenvalue weighted by Gasteiger charge is 2.41. The molecule has 0 bridgehead atoms. The first-order valence-corrected chi connectivity index (χ1v) is 10.1. The van der Waals surface area contributed by atoms with Gasteiger partial charge in [0.1, 0.15) is 0 Å². The number of hydrogen-bond acceptors (Lipinski definition) is 8. The molecule has 1 aliphatic carbocycles. The van der Waals surface area contributed by atoms with Gasteiger partial charge in [-0.2, -0.15) is 0 Å². The highest BCUT2D eigenvalue weighted by Crippen LogP contribution is 2.37. The van der Waals surface area contributed by atoms with Gasteiger partial charge in [0, 0.05) is 17.3 Å². The highest BCUT2D eigenvalue weighted by molar-refractivity contribution is 6.33. The summed E-state index contributed by atoms with van der Waals surface area (Å²) < 4.78 is 0. The van der Waals surface area contributed by atoms with Crippen molar-refractivity contribution in [1.29, 1.82) is 0 Å². The Morgan fingerprint density at radius 2 is 1.29 bits per heavy atom. The third-order valence-electron chi connectivity index (χ3n) is 6.05. The summed E-state index contributed by atoms with van der Waals surface area (Å²) in [6.45, 7) is -0.254. The average molecular weight is 424 g/mol. The zero-order valence-corrected chi connectivity index (χ0v) is 16.4. The van der Waals surface area contributed by atoms with Gasteiger partial charge in [-0.15, -0.1) is 0 Å². The van der Waals surface area contributed by atoms with E-state index in [-0.39, 0.29) is 46.2 Å². The number of hydrogen-bond donors (Lipinski definition) is 4. The minimum absolute atomic E-state index is 0.0107. The molecule has 2 atom stereocenters. The van der Waals surface area contributed by atoms with Crippen molar-refractivity contribution >= 4 is 34.4 Å². The third-order valence-corrected chi connectivity index (χ3v) is 6.05. The lowest BCUT2D eigenvalue weighted by atomic mass is 9.86. The maximum Gasteiger partial charge on any atom is 0.276 e. The molecule has 4 amide bonds. The van der Waals surface area contributed by atoms with E-state index in [2.05, 4.69) is 10.9 Å². The van der Waals surface area contributed by atoms with Gasteiger partial charge in [0.2, 0.25) is 0 Å². The normalized spacial score (nSPS) is 22.8. The number of aliphatic hydroxyl groups excluding tert-OH is 2. The predicted octanol–water partition coefficient (Wildman–Crippen LogP) is -0.0533. The largest absolute Gasteiger partial charge is 0.395 e. The summed E-state index contributed by atoms with van der Waals surface area (Å²) in [7, 11) is 0. The van der Waals surface area contributed by atoms with Gasteiger partial charge in [0.05, 0.1) is 41.0 Å². The number of aliphatic hydroxyl groups is 2. The second-order valence-electron chi connectivity index (χ2n) is 7.83. The topological polar surface area (TPSA) is 139 Å². The third kappa shape index (κ3) is 2.80. The molecule has 10 heteroatoms. The lowest BCUT2D eigenvalue weighted by Gasteiger charge is -2.33. The van der Waals surface area contributed by atoms with Crippen LogP contribution < -0.4 is 10.9 Å². The fourth-order valence-electron chi connectivity index (χ4n) is 4.55. The molecular weight excluding hydrogens is 404 g/mol. The first-order chi connectivity index (χ1) is 14.9. The van der Waals surface area contributed by atoms with Crippen LogP contribution in [0.1, 0.15) is 60.7 Å². The molecule has 2 aromatic rings. The standard InChI is InChI=1S/C21H20N4O6/c26-9-8-22-24-18(28)10-4-6-12-17-13(7-5-11(16(10)17)19(24)29)21(31)25(20(12)30)23-14-2-1-3-15(14)27/h4-7,14-15,22-23,26-27H,1-3,8-9H2. The molecule has 31 heavy (non-hydrogen) atoms. The Kier molecular flexibility index (Phi) is 4.59. The molecule has 0 radical (unpaired) electrons. The lowest BCUT2D eigenvalue weighted by Crippen LogP contribution is -2.55. The summed E-state index contributed by atoms with van der Waals surface area (Å²) in [6.07, 6.45) is 1.37. The van der Waals surface area contributed by atoms with Crippen LogP contribution in [0, 0.1) is 0 Å². The Hall–Kier alpha value is -3.18. The van der Waals surface area contributed by atoms with Crippen molar-refractivity contribution in [1.82, 2.24) is 20.9 Å². The van der Waals surface area contributed by atoms with Crippen molar-refractivity contribution in [3.05, 3.63) is 46.5 Å². The summed E-state index contributed by atoms with van der Waals surface area (Å²) in [6, 6.07) is 5.46. The van der Waals surface area contributed by atoms with Crippen molar-refractivity contribution in [3.63, 3.8) is 0 Å². The minimum Gasteiger partial charge on any atom is -0.395 e. The SMILES string of the molecule is O=C1c2ccc3c4c(ccc(c24)C(=O)N1NCCO)C(=O)N(NC1CCCC1O)C3=O. The Labute approximate surface area is 176 Å². The fourth-order valence-corrected chi connectivity index (χ4v) is 4.55. The van der Waals surface area contributed by atoms with E-state index >= 15 is 0 Å². The van der Waals surface area contributed by atoms with Crippen LogP contribution in [-0.2, 0) is 0 Å². The zero-order valence-electron chi connectivity index (χ0n) is 16.4. The second kappa shape index (κ2) is 7.20. The smallest absolute Gasteiger partial charge is 0.276 e. The lowest BCUT2D eigenvalue weighted by molar-refractivity contribution is 0.0406. The van der Waals surface area contributed by atoms with E-state index in [1.807, 2.05) is 0 Å². The first-order valence-electron chi connectivity index (χ1n) is 10.1. The van der Waals surface area contributed by atoms with E-state index in [4.69, 9.17) is 5.11 Å². The Morgan fingerprint density at radius 1 is 0.806 bits per heavy atom. The average Bonchev–Trinajstić information content (AvgIpc) is 3.17. The molecule has 10 nitrogen and oxygen atoms in total. The number of rotatable bonds is 5. The van der Waals surface area contributed by atoms with Crippen LogP contribution in [0.15, 0.2) is 24.3 Å². The number of hydrazine groups is 2. The van der Waals surface area contributed by atoms with Gasteiger partial charge in [-0.05, 0) is 43.5 Å². The number of carbonyl (C=O) groups is 4. The van der Waals surface area contributed by atoms with Gasteiger partial charge in [-0.1, -0.05) is 0 Å². The van der Waals surface area contributed by atoms with Gasteiger partial charge in [-0.25, -0.2) is 20.9 Å². The Balaban J connectivity index is 1.62. The fraction of sp³-hybridized carbons (Fsp3) is 0.333. The van der Waals surface area contributed by atoms with Crippen LogP contribution in [0.4, 0.5) is 0 Å². The van der Waals surface area contributed by atoms with Crippen LogP contribution >= 0.6 is 0 Å². The Morgan fingerprint density at radius 3 is 1.71 bits per heavy atom. The minimum atomic E-state index is -0.648. The molecule has 0 saturated heterocycles. The number of nitrogens with zero attached hydrogens (tertiary/aromatic N) is 2. The van der Waals surface area contributed by atoms with Crippen LogP contribution in [0.5, 0.6) is 0 Å². The number of nitrogens with one attached hydrogen (secondary N) is 2. The van der Waals surface area contributed by atoms with Crippen LogP contribution in [0.25, 0.3) is 10.8 Å². The molecule has 2 unspecified atom stereocenters. The van der Waals surface area contributed by atoms with Gasteiger partial charge < -0.3 is 10.2 Å². The molecule has 0 spiro atoms. The van der Waals surface area contributed by atoms with Crippen LogP contribution in [0.3, 0.4) is 0 Å². The van der Waals surface area contributed by atoms with Gasteiger partial charge >= 0.3 is 0 Å². The molecular formula is C21H20N4O6. The van der Waals surface area contributed by atoms with Crippen molar-refractivity contribution in [2.24, 2.45) is 0 Å². The van der Waals surface area contributed by atoms with Gasteiger partial charge in [0.25, 0.3) is 23.6 Å². The molecule has 160 valence electrons. The molecule has 1 saturated carbocycles. The van der Waals surface area contributed by atoms with Crippen LogP contribution in [-0.4, -0.2) is 69.2 Å². The summed E-state index contributed by atoms with van der Waals surface area (Å²) in [5, 5.41) is 21.4. The molecule has 2 aliphatic heterocycles. The summed E-state index contributed by atoms with van der Waals surface area (Å²) >= 11 is 0. The summed E-state index contributed by atoms with van der Waals surface area (Å²) in [4.78, 5) is 52.1. The molecule has 5 rings (SSSR count). The van der Waals surface area contributed by atoms with Crippen LogP contribution in [0.2, 0.25) is 0 Å². The predicted molar refractivity (Wildman–Crippen MR) is 107 cm³/mol. The highest BCUT2D eigenvalue weighted by atomic mass is 16.3. The molecule has 1 fully saturated rings. The van der Waals surface area contributed by atoms with E-state index in [1.54, 1.807) is 0 Å². The quantitative estimate of drug-likeness (QED) is 0.490. The van der Waals surface area contributed by atoms with E-state index in [0.717, 1.165) is 16.4 Å². The monoisotopic (exact) mass is 424 g/mol. The molecule has 2 heterocycles. The van der Waals surface area contributed by atoms with E-state index in [9.17, 15) is 24.3 Å². The van der Waals surface area contributed by atoms with Crippen molar-refractivity contribution in [3.8, 4) is 0 Å². The molecule has 2 aromatic carbocycles. The number of amides is 4. The van der Waals surface area contributed by atoms with E-state index in [0.29, 0.717) is 12.8 Å². The molecule has 0 aromatic heterocycles. The van der Waals surface area contributed by atoms with E-state index in [1.165, 1.54) is 24.3 Å². The number of imide groups is 2. The van der Waals surface area contributed by atoms with Crippen molar-refractivity contribution < 1.29 is 29.4 Å². The van der Waals surface area contributed by atoms with Gasteiger partial charge in [-0.3, -0.25) is 19.2 Å². The Bertz CT molecular complexity index is 1090. The van der Waals surface area contributed by atoms with E-state index < -0.39 is 35.8 Å². The maximum atomic E-state index is 13.1. The first kappa shape index (κ1) is 19.8.